The van der Waals surface area contributed by atoms with E-state index in [4.69, 9.17) is 0 Å². The molecular formula is C36H34N4O2. The Morgan fingerprint density at radius 3 is 1.45 bits per heavy atom. The van der Waals surface area contributed by atoms with Crippen molar-refractivity contribution in [3.05, 3.63) is 120 Å². The lowest BCUT2D eigenvalue weighted by atomic mass is 9.82. The predicted molar refractivity (Wildman–Crippen MR) is 173 cm³/mol. The average Bonchev–Trinajstić information content (AvgIpc) is 2.98. The van der Waals surface area contributed by atoms with E-state index in [9.17, 15) is 9.59 Å². The van der Waals surface area contributed by atoms with E-state index in [2.05, 4.69) is 84.5 Å². The molecule has 0 saturated carbocycles. The highest BCUT2D eigenvalue weighted by molar-refractivity contribution is 6.24. The van der Waals surface area contributed by atoms with Crippen LogP contribution in [0, 0.1) is 0 Å². The fraction of sp³-hybridized carbons (Fsp3) is 0.167. The van der Waals surface area contributed by atoms with Crippen LogP contribution < -0.4 is 21.3 Å². The third-order valence-corrected chi connectivity index (χ3v) is 7.70. The summed E-state index contributed by atoms with van der Waals surface area (Å²) in [5.41, 5.74) is 4.74. The van der Waals surface area contributed by atoms with Crippen LogP contribution in [-0.4, -0.2) is 12.1 Å². The maximum absolute atomic E-state index is 12.8. The second kappa shape index (κ2) is 11.1. The molecule has 0 aromatic heterocycles. The zero-order chi connectivity index (χ0) is 29.3. The lowest BCUT2D eigenvalue weighted by Gasteiger charge is -2.23. The summed E-state index contributed by atoms with van der Waals surface area (Å²) in [4.78, 5) is 25.5. The summed E-state index contributed by atoms with van der Waals surface area (Å²) in [6.07, 6.45) is 0. The lowest BCUT2D eigenvalue weighted by molar-refractivity contribution is 0.251. The highest BCUT2D eigenvalue weighted by atomic mass is 16.2. The molecule has 0 heterocycles. The maximum Gasteiger partial charge on any atom is 0.319 e. The minimum absolute atomic E-state index is 0.0207. The van der Waals surface area contributed by atoms with Gasteiger partial charge in [-0.25, -0.2) is 9.59 Å². The van der Waals surface area contributed by atoms with E-state index >= 15 is 0 Å². The number of amides is 4. The van der Waals surface area contributed by atoms with Crippen molar-refractivity contribution in [2.24, 2.45) is 0 Å². The van der Waals surface area contributed by atoms with Gasteiger partial charge < -0.3 is 21.3 Å². The predicted octanol–water partition coefficient (Wildman–Crippen LogP) is 8.52. The van der Waals surface area contributed by atoms with Crippen LogP contribution in [0.4, 0.5) is 21.0 Å². The summed E-state index contributed by atoms with van der Waals surface area (Å²) in [6.45, 7) is 7.36. The van der Waals surface area contributed by atoms with Crippen LogP contribution in [0.3, 0.4) is 0 Å². The smallest absolute Gasteiger partial charge is 0.319 e. The monoisotopic (exact) mass is 554 g/mol. The standard InChI is InChI=1S/C36H34N4O2/c1-36(2,3)27-19-23-14-16-30-25(21-37-34(41)39-28-10-6-4-7-11-28)18-26(31-17-15-24(20-27)32(23)33(30)31)22-38-35(42)40-29-12-8-5-9-13-29/h4-20H,21-22H2,1-3H3,(H2,37,39,41)(H2,38,40,42). The molecule has 210 valence electrons. The molecule has 6 rings (SSSR count). The first-order chi connectivity index (χ1) is 20.3. The van der Waals surface area contributed by atoms with E-state index in [1.54, 1.807) is 0 Å². The molecule has 6 heteroatoms. The molecular weight excluding hydrogens is 520 g/mol. The Morgan fingerprint density at radius 1 is 0.571 bits per heavy atom. The molecule has 6 aromatic carbocycles. The van der Waals surface area contributed by atoms with Gasteiger partial charge in [0, 0.05) is 24.5 Å². The van der Waals surface area contributed by atoms with Crippen molar-refractivity contribution < 1.29 is 9.59 Å². The fourth-order valence-electron chi connectivity index (χ4n) is 5.54. The van der Waals surface area contributed by atoms with Gasteiger partial charge in [-0.1, -0.05) is 99.6 Å². The zero-order valence-electron chi connectivity index (χ0n) is 24.0. The van der Waals surface area contributed by atoms with Crippen molar-refractivity contribution in [3.8, 4) is 0 Å². The van der Waals surface area contributed by atoms with E-state index in [0.29, 0.717) is 13.1 Å². The number of hydrogen-bond donors (Lipinski definition) is 4. The molecule has 0 radical (unpaired) electrons. The molecule has 0 aliphatic carbocycles. The first-order valence-corrected chi connectivity index (χ1v) is 14.2. The molecule has 0 unspecified atom stereocenters. The number of carbonyl (C=O) groups excluding carboxylic acids is 2. The van der Waals surface area contributed by atoms with Crippen molar-refractivity contribution in [1.82, 2.24) is 10.6 Å². The lowest BCUT2D eigenvalue weighted by Crippen LogP contribution is -2.29. The van der Waals surface area contributed by atoms with Gasteiger partial charge in [-0.3, -0.25) is 0 Å². The Morgan fingerprint density at radius 2 is 1.02 bits per heavy atom. The minimum Gasteiger partial charge on any atom is -0.334 e. The summed E-state index contributed by atoms with van der Waals surface area (Å²) in [6, 6.07) is 33.5. The van der Waals surface area contributed by atoms with Gasteiger partial charge >= 0.3 is 12.1 Å². The average molecular weight is 555 g/mol. The number of hydrogen-bond acceptors (Lipinski definition) is 2. The summed E-state index contributed by atoms with van der Waals surface area (Å²) < 4.78 is 0. The van der Waals surface area contributed by atoms with Gasteiger partial charge in [-0.2, -0.15) is 0 Å². The Bertz CT molecular complexity index is 1770. The van der Waals surface area contributed by atoms with Crippen LogP contribution >= 0.6 is 0 Å². The number of urea groups is 2. The van der Waals surface area contributed by atoms with Crippen LogP contribution in [0.2, 0.25) is 0 Å². The molecule has 42 heavy (non-hydrogen) atoms. The van der Waals surface area contributed by atoms with Crippen LogP contribution in [0.15, 0.2) is 103 Å². The summed E-state index contributed by atoms with van der Waals surface area (Å²) in [5, 5.41) is 18.7. The largest absolute Gasteiger partial charge is 0.334 e. The number of anilines is 2. The van der Waals surface area contributed by atoms with Crippen molar-refractivity contribution in [1.29, 1.82) is 0 Å². The molecule has 0 spiro atoms. The van der Waals surface area contributed by atoms with Gasteiger partial charge in [0.05, 0.1) is 0 Å². The number of para-hydroxylation sites is 2. The Hall–Kier alpha value is -5.10. The number of nitrogens with one attached hydrogen (secondary N) is 4. The van der Waals surface area contributed by atoms with Crippen LogP contribution in [-0.2, 0) is 18.5 Å². The van der Waals surface area contributed by atoms with E-state index in [0.717, 1.165) is 38.7 Å². The van der Waals surface area contributed by atoms with Gasteiger partial charge in [0.25, 0.3) is 0 Å². The normalized spacial score (nSPS) is 11.6. The second-order valence-corrected chi connectivity index (χ2v) is 11.7. The van der Waals surface area contributed by atoms with E-state index < -0.39 is 0 Å². The maximum atomic E-state index is 12.8. The molecule has 6 nitrogen and oxygen atoms in total. The van der Waals surface area contributed by atoms with Gasteiger partial charge in [0.1, 0.15) is 0 Å². The molecule has 0 fully saturated rings. The first-order valence-electron chi connectivity index (χ1n) is 14.2. The van der Waals surface area contributed by atoms with Crippen molar-refractivity contribution >= 4 is 55.8 Å². The topological polar surface area (TPSA) is 82.3 Å². The molecule has 0 atom stereocenters. The summed E-state index contributed by atoms with van der Waals surface area (Å²) >= 11 is 0. The highest BCUT2D eigenvalue weighted by Gasteiger charge is 2.19. The minimum atomic E-state index is -0.274. The summed E-state index contributed by atoms with van der Waals surface area (Å²) in [7, 11) is 0. The molecule has 6 aromatic rings. The molecule has 0 saturated heterocycles. The quantitative estimate of drug-likeness (QED) is 0.156. The number of carbonyl (C=O) groups is 2. The second-order valence-electron chi connectivity index (χ2n) is 11.7. The van der Waals surface area contributed by atoms with E-state index in [-0.39, 0.29) is 17.5 Å². The molecule has 0 aliphatic heterocycles. The van der Waals surface area contributed by atoms with Crippen molar-refractivity contribution in [2.45, 2.75) is 39.3 Å². The Labute approximate surface area is 245 Å². The number of rotatable bonds is 6. The molecule has 0 bridgehead atoms. The zero-order valence-corrected chi connectivity index (χ0v) is 24.0. The molecule has 0 aliphatic rings. The van der Waals surface area contributed by atoms with E-state index in [1.165, 1.54) is 21.7 Å². The molecule has 4 amide bonds. The first kappa shape index (κ1) is 27.1. The van der Waals surface area contributed by atoms with E-state index in [1.807, 2.05) is 60.7 Å². The Balaban J connectivity index is 1.38. The third kappa shape index (κ3) is 5.56. The summed E-state index contributed by atoms with van der Waals surface area (Å²) in [5.74, 6) is 0. The van der Waals surface area contributed by atoms with Crippen LogP contribution in [0.1, 0.15) is 37.5 Å². The third-order valence-electron chi connectivity index (χ3n) is 7.70. The Kier molecular flexibility index (Phi) is 7.13. The van der Waals surface area contributed by atoms with Gasteiger partial charge in [0.2, 0.25) is 0 Å². The van der Waals surface area contributed by atoms with Crippen LogP contribution in [0.25, 0.3) is 32.3 Å². The van der Waals surface area contributed by atoms with Gasteiger partial charge in [-0.15, -0.1) is 0 Å². The van der Waals surface area contributed by atoms with Crippen molar-refractivity contribution in [2.75, 3.05) is 10.6 Å². The SMILES string of the molecule is CC(C)(C)c1cc2ccc3c(CNC(=O)Nc4ccccc4)cc(CNC(=O)Nc4ccccc4)c4ccc(c1)c2c34. The highest BCUT2D eigenvalue weighted by Crippen LogP contribution is 2.40. The van der Waals surface area contributed by atoms with Gasteiger partial charge in [0.15, 0.2) is 0 Å². The number of benzene rings is 6. The van der Waals surface area contributed by atoms with Gasteiger partial charge in [-0.05, 0) is 78.7 Å². The van der Waals surface area contributed by atoms with Crippen molar-refractivity contribution in [3.63, 3.8) is 0 Å². The fourth-order valence-corrected chi connectivity index (χ4v) is 5.54. The molecule has 4 N–H and O–H groups in total. The van der Waals surface area contributed by atoms with Crippen LogP contribution in [0.5, 0.6) is 0 Å².